The minimum absolute atomic E-state index is 0.0226. The predicted octanol–water partition coefficient (Wildman–Crippen LogP) is 2.68. The molecule has 1 saturated heterocycles. The van der Waals surface area contributed by atoms with E-state index in [1.165, 1.54) is 24.3 Å². The highest BCUT2D eigenvalue weighted by molar-refractivity contribution is 6.10. The Kier molecular flexibility index (Phi) is 6.70. The molecule has 5 N–H and O–H groups in total. The minimum Gasteiger partial charge on any atom is -0.379 e. The normalized spacial score (nSPS) is 14.8. The van der Waals surface area contributed by atoms with Gasteiger partial charge in [-0.3, -0.25) is 14.5 Å². The zero-order chi connectivity index (χ0) is 24.3. The van der Waals surface area contributed by atoms with Crippen LogP contribution < -0.4 is 16.4 Å². The number of aromatic nitrogens is 2. The lowest BCUT2D eigenvalue weighted by atomic mass is 10.1. The minimum atomic E-state index is -4.69. The second kappa shape index (κ2) is 9.69. The number of nitrogens with zero attached hydrogens (tertiary/aromatic N) is 2. The summed E-state index contributed by atoms with van der Waals surface area (Å²) in [5.74, 6) is -1.36. The van der Waals surface area contributed by atoms with Crippen LogP contribution in [-0.4, -0.2) is 66.1 Å². The highest BCUT2D eigenvalue weighted by atomic mass is 19.4. The summed E-state index contributed by atoms with van der Waals surface area (Å²) in [4.78, 5) is 34.2. The number of halogens is 3. The van der Waals surface area contributed by atoms with Crippen LogP contribution in [0.4, 0.5) is 24.8 Å². The van der Waals surface area contributed by atoms with Crippen LogP contribution in [0.2, 0.25) is 0 Å². The van der Waals surface area contributed by atoms with Crippen molar-refractivity contribution in [3.63, 3.8) is 0 Å². The second-order valence-corrected chi connectivity index (χ2v) is 7.75. The fraction of sp³-hybridized carbons (Fsp3) is 0.318. The van der Waals surface area contributed by atoms with E-state index >= 15 is 0 Å². The van der Waals surface area contributed by atoms with Crippen LogP contribution in [-0.2, 0) is 10.9 Å². The average molecular weight is 476 g/mol. The molecule has 34 heavy (non-hydrogen) atoms. The first kappa shape index (κ1) is 23.5. The molecular weight excluding hydrogens is 453 g/mol. The zero-order valence-electron chi connectivity index (χ0n) is 18.0. The SMILES string of the molecule is NC(=O)c1cc(NC(=O)c2ccccc2C(F)(F)F)cc2[nH]c(NCCN3CCOCC3)nc12. The Morgan fingerprint density at radius 2 is 1.88 bits per heavy atom. The fourth-order valence-corrected chi connectivity index (χ4v) is 3.75. The number of H-pyrrole nitrogens is 1. The fourth-order valence-electron chi connectivity index (χ4n) is 3.75. The lowest BCUT2D eigenvalue weighted by molar-refractivity contribution is -0.137. The number of alkyl halides is 3. The van der Waals surface area contributed by atoms with Crippen LogP contribution in [0, 0.1) is 0 Å². The molecule has 9 nitrogen and oxygen atoms in total. The van der Waals surface area contributed by atoms with E-state index in [-0.39, 0.29) is 16.8 Å². The molecular formula is C22H23F3N6O3. The van der Waals surface area contributed by atoms with Crippen LogP contribution in [0.5, 0.6) is 0 Å². The van der Waals surface area contributed by atoms with Gasteiger partial charge in [-0.15, -0.1) is 0 Å². The molecule has 1 aliphatic heterocycles. The Bertz CT molecular complexity index is 1200. The van der Waals surface area contributed by atoms with Crippen molar-refractivity contribution in [3.05, 3.63) is 53.1 Å². The monoisotopic (exact) mass is 476 g/mol. The Labute approximate surface area is 192 Å². The summed E-state index contributed by atoms with van der Waals surface area (Å²) in [6.45, 7) is 4.41. The van der Waals surface area contributed by atoms with E-state index in [0.717, 1.165) is 31.8 Å². The average Bonchev–Trinajstić information content (AvgIpc) is 3.21. The number of carbonyl (C=O) groups is 2. The quantitative estimate of drug-likeness (QED) is 0.416. The highest BCUT2D eigenvalue weighted by Gasteiger charge is 2.35. The van der Waals surface area contributed by atoms with E-state index in [0.29, 0.717) is 31.2 Å². The van der Waals surface area contributed by atoms with Crippen molar-refractivity contribution in [1.82, 2.24) is 14.9 Å². The lowest BCUT2D eigenvalue weighted by Crippen LogP contribution is -2.39. The number of carbonyl (C=O) groups excluding carboxylic acids is 2. The number of anilines is 2. The van der Waals surface area contributed by atoms with E-state index in [9.17, 15) is 22.8 Å². The van der Waals surface area contributed by atoms with Crippen molar-refractivity contribution in [1.29, 1.82) is 0 Å². The molecule has 1 aromatic heterocycles. The molecule has 3 aromatic rings. The third-order valence-electron chi connectivity index (χ3n) is 5.41. The van der Waals surface area contributed by atoms with Crippen molar-refractivity contribution in [2.24, 2.45) is 5.73 Å². The van der Waals surface area contributed by atoms with Gasteiger partial charge in [0.15, 0.2) is 0 Å². The first-order chi connectivity index (χ1) is 16.2. The summed E-state index contributed by atoms with van der Waals surface area (Å²) in [6, 6.07) is 7.23. The Hall–Kier alpha value is -3.64. The van der Waals surface area contributed by atoms with Crippen molar-refractivity contribution in [2.45, 2.75) is 6.18 Å². The van der Waals surface area contributed by atoms with Gasteiger partial charge in [-0.25, -0.2) is 4.98 Å². The molecule has 0 atom stereocenters. The van der Waals surface area contributed by atoms with Crippen LogP contribution >= 0.6 is 0 Å². The number of rotatable bonds is 7. The van der Waals surface area contributed by atoms with Gasteiger partial charge in [0.05, 0.1) is 35.4 Å². The Balaban J connectivity index is 1.54. The van der Waals surface area contributed by atoms with E-state index < -0.39 is 29.1 Å². The second-order valence-electron chi connectivity index (χ2n) is 7.75. The molecule has 0 radical (unpaired) electrons. The van der Waals surface area contributed by atoms with E-state index in [2.05, 4.69) is 25.5 Å². The molecule has 1 aliphatic rings. The first-order valence-corrected chi connectivity index (χ1v) is 10.6. The summed E-state index contributed by atoms with van der Waals surface area (Å²) in [5.41, 5.74) is 4.70. The van der Waals surface area contributed by atoms with E-state index in [1.807, 2.05) is 0 Å². The molecule has 2 aromatic carbocycles. The van der Waals surface area contributed by atoms with E-state index in [1.54, 1.807) is 0 Å². The standard InChI is InChI=1S/C22H23F3N6O3/c23-22(24,25)16-4-2-1-3-14(16)20(33)28-13-11-15(19(26)32)18-17(12-13)29-21(30-18)27-5-6-31-7-9-34-10-8-31/h1-4,11-12H,5-10H2,(H2,26,32)(H,28,33)(H2,27,29,30). The number of hydrogen-bond acceptors (Lipinski definition) is 6. The molecule has 4 rings (SSSR count). The number of hydrogen-bond donors (Lipinski definition) is 4. The number of fused-ring (bicyclic) bond motifs is 1. The van der Waals surface area contributed by atoms with Gasteiger partial charge in [0.2, 0.25) is 5.95 Å². The Morgan fingerprint density at radius 1 is 1.15 bits per heavy atom. The maximum Gasteiger partial charge on any atom is 0.417 e. The molecule has 180 valence electrons. The molecule has 2 heterocycles. The number of ether oxygens (including phenoxy) is 1. The molecule has 2 amide bonds. The van der Waals surface area contributed by atoms with Gasteiger partial charge in [0, 0.05) is 31.9 Å². The third-order valence-corrected chi connectivity index (χ3v) is 5.41. The van der Waals surface area contributed by atoms with Crippen LogP contribution in [0.15, 0.2) is 36.4 Å². The molecule has 0 saturated carbocycles. The third kappa shape index (κ3) is 5.29. The van der Waals surface area contributed by atoms with Crippen molar-refractivity contribution < 1.29 is 27.5 Å². The van der Waals surface area contributed by atoms with Gasteiger partial charge in [-0.2, -0.15) is 13.2 Å². The number of aromatic amines is 1. The summed E-state index contributed by atoms with van der Waals surface area (Å²) >= 11 is 0. The van der Waals surface area contributed by atoms with Gasteiger partial charge >= 0.3 is 6.18 Å². The zero-order valence-corrected chi connectivity index (χ0v) is 18.0. The van der Waals surface area contributed by atoms with Crippen LogP contribution in [0.3, 0.4) is 0 Å². The summed E-state index contributed by atoms with van der Waals surface area (Å²) in [5, 5.41) is 5.56. The topological polar surface area (TPSA) is 125 Å². The van der Waals surface area contributed by atoms with Crippen molar-refractivity contribution in [2.75, 3.05) is 50.0 Å². The lowest BCUT2D eigenvalue weighted by Gasteiger charge is -2.26. The van der Waals surface area contributed by atoms with Crippen LogP contribution in [0.25, 0.3) is 11.0 Å². The number of morpholine rings is 1. The molecule has 0 spiro atoms. The predicted molar refractivity (Wildman–Crippen MR) is 120 cm³/mol. The van der Waals surface area contributed by atoms with Crippen molar-refractivity contribution >= 4 is 34.5 Å². The Morgan fingerprint density at radius 3 is 2.59 bits per heavy atom. The van der Waals surface area contributed by atoms with Gasteiger partial charge in [0.1, 0.15) is 5.52 Å². The smallest absolute Gasteiger partial charge is 0.379 e. The molecule has 0 bridgehead atoms. The number of nitrogens with one attached hydrogen (secondary N) is 3. The van der Waals surface area contributed by atoms with Gasteiger partial charge < -0.3 is 26.1 Å². The first-order valence-electron chi connectivity index (χ1n) is 10.6. The molecule has 0 unspecified atom stereocenters. The molecule has 12 heteroatoms. The number of nitrogens with two attached hydrogens (primary N) is 1. The number of amides is 2. The maximum atomic E-state index is 13.3. The maximum absolute atomic E-state index is 13.3. The van der Waals surface area contributed by atoms with Crippen molar-refractivity contribution in [3.8, 4) is 0 Å². The highest BCUT2D eigenvalue weighted by Crippen LogP contribution is 2.32. The van der Waals surface area contributed by atoms with Gasteiger partial charge in [-0.05, 0) is 24.3 Å². The largest absolute Gasteiger partial charge is 0.417 e. The summed E-state index contributed by atoms with van der Waals surface area (Å²) in [6.07, 6.45) is -4.69. The van der Waals surface area contributed by atoms with Crippen LogP contribution in [0.1, 0.15) is 26.3 Å². The molecule has 1 fully saturated rings. The van der Waals surface area contributed by atoms with E-state index in [4.69, 9.17) is 10.5 Å². The summed E-state index contributed by atoms with van der Waals surface area (Å²) in [7, 11) is 0. The number of benzene rings is 2. The summed E-state index contributed by atoms with van der Waals surface area (Å²) < 4.78 is 45.2. The van der Waals surface area contributed by atoms with Gasteiger partial charge in [0.25, 0.3) is 11.8 Å². The number of imidazole rings is 1. The number of primary amides is 1. The van der Waals surface area contributed by atoms with Gasteiger partial charge in [-0.1, -0.05) is 12.1 Å². The molecule has 0 aliphatic carbocycles.